The maximum absolute atomic E-state index is 15.5. The van der Waals surface area contributed by atoms with Crippen LogP contribution < -0.4 is 10.6 Å². The normalized spacial score (nSPS) is 26.2. The summed E-state index contributed by atoms with van der Waals surface area (Å²) >= 11 is 0. The van der Waals surface area contributed by atoms with Crippen LogP contribution in [0, 0.1) is 59.2 Å². The number of carbonyl (C=O) groups is 12. The molecule has 1 aliphatic rings. The van der Waals surface area contributed by atoms with Crippen LogP contribution in [-0.4, -0.2) is 214 Å². The minimum Gasteiger partial charge on any atom is -0.390 e. The zero-order valence-corrected chi connectivity index (χ0v) is 62.5. The van der Waals surface area contributed by atoms with Gasteiger partial charge in [0, 0.05) is 99.0 Å². The van der Waals surface area contributed by atoms with Gasteiger partial charge < -0.3 is 50.0 Å². The van der Waals surface area contributed by atoms with E-state index in [-0.39, 0.29) is 92.5 Å². The van der Waals surface area contributed by atoms with Crippen LogP contribution >= 0.6 is 0 Å². The van der Waals surface area contributed by atoms with Crippen molar-refractivity contribution < 1.29 is 62.6 Å². The van der Waals surface area contributed by atoms with Gasteiger partial charge in [-0.05, 0) is 117 Å². The first-order chi connectivity index (χ1) is 43.9. The van der Waals surface area contributed by atoms with Crippen molar-refractivity contribution in [2.45, 2.75) is 250 Å². The Bertz CT molecular complexity index is 2780. The lowest BCUT2D eigenvalue weighted by atomic mass is 9.84. The summed E-state index contributed by atoms with van der Waals surface area (Å²) in [5.74, 6) is -11.2. The van der Waals surface area contributed by atoms with Gasteiger partial charge in [-0.25, -0.2) is 0 Å². The Hall–Kier alpha value is -6.58. The molecule has 1 aromatic rings. The monoisotopic (exact) mass is 1330 g/mol. The topological polar surface area (TPSA) is 272 Å². The van der Waals surface area contributed by atoms with Crippen LogP contribution in [0.25, 0.3) is 0 Å². The number of nitrogens with zero attached hydrogens (tertiary/aromatic N) is 7. The third-order valence-corrected chi connectivity index (χ3v) is 19.2. The van der Waals surface area contributed by atoms with Crippen LogP contribution in [0.2, 0.25) is 0 Å². The number of hydrogen-bond acceptors (Lipinski definition) is 13. The Kier molecular flexibility index (Phi) is 34.1. The molecule has 13 atom stereocenters. The van der Waals surface area contributed by atoms with Gasteiger partial charge >= 0.3 is 0 Å². The molecule has 1 aromatic carbocycles. The van der Waals surface area contributed by atoms with Crippen LogP contribution in [0.5, 0.6) is 0 Å². The lowest BCUT2D eigenvalue weighted by molar-refractivity contribution is -0.157. The highest BCUT2D eigenvalue weighted by Gasteiger charge is 2.46. The number of anilines is 1. The lowest BCUT2D eigenvalue weighted by Crippen LogP contribution is -2.63. The van der Waals surface area contributed by atoms with Crippen LogP contribution in [0.3, 0.4) is 0 Å². The number of ketones is 3. The summed E-state index contributed by atoms with van der Waals surface area (Å²) in [6.07, 6.45) is -0.0221. The number of amides is 9. The maximum Gasteiger partial charge on any atom is 0.246 e. The van der Waals surface area contributed by atoms with Gasteiger partial charge in [0.2, 0.25) is 53.2 Å². The molecule has 0 aliphatic carbocycles. The molecule has 1 fully saturated rings. The summed E-state index contributed by atoms with van der Waals surface area (Å²) in [7, 11) is 10.2. The Morgan fingerprint density at radius 1 is 0.495 bits per heavy atom. The molecule has 0 unspecified atom stereocenters. The van der Waals surface area contributed by atoms with Crippen molar-refractivity contribution in [3.63, 3.8) is 0 Å². The molecule has 538 valence electrons. The standard InChI is InChI=1S/C73H123N9O13/c1-26-55-70(92)76(19)50(17)68(90)77(20)57(35-42(4)5)62(86)40-54(45(10)11)69(91)78(21)56(34-41(2)3)61(85)38-48(15)60(84)39-49(16)67(89)79(22)58(36-43(6)7)71(93)80(23)59(37-44(8)9)72(94)81(24)63(46(12)13)73(95)82(25)64(66(88)75-55)65(87)47(14)28-27-29-52-30-32-53(33-31-52)74-51(18)83/h30-33,41-50,54-59,63-65,87H,26-29,34-40H2,1-25H3,(H,74,83)(H,75,88)/t47-,48-,49+,50-,54+,55+,56+,57+,58+,59+,63+,64+,65-/m1/s1. The summed E-state index contributed by atoms with van der Waals surface area (Å²) in [5.41, 5.74) is 1.59. The van der Waals surface area contributed by atoms with Crippen molar-refractivity contribution in [1.29, 1.82) is 0 Å². The van der Waals surface area contributed by atoms with Crippen LogP contribution in [0.1, 0.15) is 194 Å². The Morgan fingerprint density at radius 2 is 0.916 bits per heavy atom. The molecule has 22 heteroatoms. The number of benzene rings is 1. The molecule has 0 spiro atoms. The maximum atomic E-state index is 15.5. The van der Waals surface area contributed by atoms with E-state index in [1.807, 2.05) is 81.4 Å². The number of Topliss-reactive ketones (excluding diaryl/α,β-unsaturated/α-hetero) is 3. The molecule has 0 radical (unpaired) electrons. The van der Waals surface area contributed by atoms with Gasteiger partial charge in [0.15, 0.2) is 11.6 Å². The molecular weight excluding hydrogens is 1210 g/mol. The molecule has 2 rings (SSSR count). The average molecular weight is 1330 g/mol. The predicted molar refractivity (Wildman–Crippen MR) is 371 cm³/mol. The van der Waals surface area contributed by atoms with E-state index in [1.54, 1.807) is 53.7 Å². The molecule has 1 heterocycles. The SMILES string of the molecule is CC[C@@H]1NC(=O)[C@H]([C@H](O)[C@H](C)CCCc2ccc(NC(C)=O)cc2)N(C)C(=O)[C@H](C(C)C)N(C)C(=O)[C@H](CC(C)C)N(C)C(=O)[C@H](CC(C)C)N(C)C(=O)[C@@H](C)CC(=O)[C@H](C)CC(=O)[C@H](CC(C)C)N(C)C(=O)[C@H](C(C)C)CC(=O)[C@H](CC(C)C)N(C)C(=O)[C@@H](C)N(C)C1=O. The zero-order chi connectivity index (χ0) is 73.1. The summed E-state index contributed by atoms with van der Waals surface area (Å²) in [6.45, 7) is 31.8. The summed E-state index contributed by atoms with van der Waals surface area (Å²) in [4.78, 5) is 184. The van der Waals surface area contributed by atoms with E-state index in [4.69, 9.17) is 0 Å². The van der Waals surface area contributed by atoms with Crippen LogP contribution in [-0.2, 0) is 64.0 Å². The highest BCUT2D eigenvalue weighted by molar-refractivity contribution is 6.00. The third-order valence-electron chi connectivity index (χ3n) is 19.2. The molecule has 3 N–H and O–H groups in total. The number of aliphatic hydroxyl groups is 1. The number of nitrogens with one attached hydrogen (secondary N) is 2. The molecule has 0 saturated carbocycles. The van der Waals surface area contributed by atoms with Crippen molar-refractivity contribution in [1.82, 2.24) is 39.6 Å². The number of aliphatic hydroxyl groups excluding tert-OH is 1. The number of likely N-dealkylation sites (N-methyl/N-ethyl adjacent to an activating group) is 7. The molecule has 0 aromatic heterocycles. The van der Waals surface area contributed by atoms with Gasteiger partial charge in [-0.2, -0.15) is 0 Å². The van der Waals surface area contributed by atoms with Crippen LogP contribution in [0.4, 0.5) is 5.69 Å². The fourth-order valence-electron chi connectivity index (χ4n) is 12.9. The molecule has 22 nitrogen and oxygen atoms in total. The molecule has 95 heavy (non-hydrogen) atoms. The lowest BCUT2D eigenvalue weighted by Gasteiger charge is -2.41. The first kappa shape index (κ1) is 84.5. The second kappa shape index (κ2) is 38.4. The minimum atomic E-state index is -1.65. The number of rotatable bonds is 18. The van der Waals surface area contributed by atoms with Crippen molar-refractivity contribution in [3.8, 4) is 0 Å². The van der Waals surface area contributed by atoms with E-state index < -0.39 is 143 Å². The summed E-state index contributed by atoms with van der Waals surface area (Å²) in [6, 6.07) is -2.36. The van der Waals surface area contributed by atoms with Gasteiger partial charge in [0.25, 0.3) is 0 Å². The Morgan fingerprint density at radius 3 is 1.37 bits per heavy atom. The Balaban J connectivity index is 3.00. The van der Waals surface area contributed by atoms with Gasteiger partial charge in [-0.3, -0.25) is 57.5 Å². The number of hydrogen-bond donors (Lipinski definition) is 3. The first-order valence-electron chi connectivity index (χ1n) is 34.7. The highest BCUT2D eigenvalue weighted by Crippen LogP contribution is 2.30. The summed E-state index contributed by atoms with van der Waals surface area (Å²) < 4.78 is 0. The van der Waals surface area contributed by atoms with E-state index >= 15 is 19.2 Å². The smallest absolute Gasteiger partial charge is 0.246 e. The van der Waals surface area contributed by atoms with E-state index in [0.717, 1.165) is 10.5 Å². The van der Waals surface area contributed by atoms with Gasteiger partial charge in [-0.15, -0.1) is 0 Å². The van der Waals surface area contributed by atoms with Gasteiger partial charge in [0.05, 0.1) is 18.2 Å². The zero-order valence-electron chi connectivity index (χ0n) is 62.5. The molecular formula is C73H123N9O13. The average Bonchev–Trinajstić information content (AvgIpc) is 0.810. The second-order valence-corrected chi connectivity index (χ2v) is 29.9. The van der Waals surface area contributed by atoms with Crippen molar-refractivity contribution in [2.24, 2.45) is 59.2 Å². The van der Waals surface area contributed by atoms with Gasteiger partial charge in [-0.1, -0.05) is 123 Å². The van der Waals surface area contributed by atoms with Crippen molar-refractivity contribution >= 4 is 76.2 Å². The molecule has 0 bridgehead atoms. The third kappa shape index (κ3) is 23.9. The van der Waals surface area contributed by atoms with Crippen LogP contribution in [0.15, 0.2) is 24.3 Å². The fourth-order valence-corrected chi connectivity index (χ4v) is 12.9. The molecule has 1 saturated heterocycles. The largest absolute Gasteiger partial charge is 0.390 e. The minimum absolute atomic E-state index is 0.00700. The van der Waals surface area contributed by atoms with Crippen molar-refractivity contribution in [3.05, 3.63) is 29.8 Å². The van der Waals surface area contributed by atoms with E-state index in [9.17, 15) is 43.5 Å². The highest BCUT2D eigenvalue weighted by atomic mass is 16.3. The second-order valence-electron chi connectivity index (χ2n) is 29.9. The quantitative estimate of drug-likeness (QED) is 0.126. The molecule has 1 aliphatic heterocycles. The Labute approximate surface area is 569 Å². The van der Waals surface area contributed by atoms with E-state index in [1.165, 1.54) is 92.6 Å². The number of carbonyl (C=O) groups excluding carboxylic acids is 12. The van der Waals surface area contributed by atoms with Crippen molar-refractivity contribution in [2.75, 3.05) is 54.7 Å². The fraction of sp³-hybridized carbons (Fsp3) is 0.753. The molecule has 9 amide bonds. The van der Waals surface area contributed by atoms with E-state index in [0.29, 0.717) is 24.9 Å². The number of aryl methyl sites for hydroxylation is 1. The predicted octanol–water partition coefficient (Wildman–Crippen LogP) is 7.94. The van der Waals surface area contributed by atoms with E-state index in [2.05, 4.69) is 10.6 Å². The van der Waals surface area contributed by atoms with Gasteiger partial charge in [0.1, 0.15) is 42.0 Å². The summed E-state index contributed by atoms with van der Waals surface area (Å²) in [5, 5.41) is 18.1. The first-order valence-corrected chi connectivity index (χ1v) is 34.7.